The SMILES string of the molecule is Nc1ccc(C(=O)c2ccc(NS(=O)[O-])cc2)cc1. The normalized spacial score (nSPS) is 11.8. The molecule has 1 atom stereocenters. The molecule has 0 aromatic heterocycles. The minimum atomic E-state index is -2.37. The summed E-state index contributed by atoms with van der Waals surface area (Å²) in [5.41, 5.74) is 7.56. The van der Waals surface area contributed by atoms with Crippen LogP contribution in [0.5, 0.6) is 0 Å². The molecule has 0 bridgehead atoms. The third kappa shape index (κ3) is 3.40. The summed E-state index contributed by atoms with van der Waals surface area (Å²) in [6.07, 6.45) is 0. The molecule has 98 valence electrons. The van der Waals surface area contributed by atoms with Gasteiger partial charge in [-0.2, -0.15) is 0 Å². The Hall–Kier alpha value is -2.18. The van der Waals surface area contributed by atoms with Crippen molar-refractivity contribution in [2.75, 3.05) is 10.5 Å². The van der Waals surface area contributed by atoms with Crippen LogP contribution in [0.25, 0.3) is 0 Å². The van der Waals surface area contributed by atoms with Gasteiger partial charge in [0.2, 0.25) is 0 Å². The Balaban J connectivity index is 2.20. The molecule has 0 fully saturated rings. The molecular formula is C13H11N2O3S-. The number of nitrogen functional groups attached to an aromatic ring is 1. The van der Waals surface area contributed by atoms with E-state index in [0.717, 1.165) is 0 Å². The quantitative estimate of drug-likeness (QED) is 0.504. The predicted molar refractivity (Wildman–Crippen MR) is 73.3 cm³/mol. The van der Waals surface area contributed by atoms with Crippen LogP contribution in [0.1, 0.15) is 15.9 Å². The zero-order valence-electron chi connectivity index (χ0n) is 9.83. The van der Waals surface area contributed by atoms with Crippen LogP contribution >= 0.6 is 0 Å². The van der Waals surface area contributed by atoms with Crippen LogP contribution in [0, 0.1) is 0 Å². The summed E-state index contributed by atoms with van der Waals surface area (Å²) in [7, 11) is 0. The molecule has 0 aliphatic carbocycles. The smallest absolute Gasteiger partial charge is 0.193 e. The average molecular weight is 275 g/mol. The van der Waals surface area contributed by atoms with Crippen molar-refractivity contribution in [3.05, 3.63) is 59.7 Å². The maximum absolute atomic E-state index is 12.1. The van der Waals surface area contributed by atoms with Crippen molar-refractivity contribution in [3.63, 3.8) is 0 Å². The fourth-order valence-corrected chi connectivity index (χ4v) is 1.92. The molecule has 1 unspecified atom stereocenters. The van der Waals surface area contributed by atoms with Gasteiger partial charge in [0.25, 0.3) is 0 Å². The van der Waals surface area contributed by atoms with Gasteiger partial charge in [-0.3, -0.25) is 9.00 Å². The molecule has 0 amide bonds. The highest BCUT2D eigenvalue weighted by atomic mass is 32.2. The third-order valence-corrected chi connectivity index (χ3v) is 2.92. The number of hydrogen-bond acceptors (Lipinski definition) is 4. The Labute approximate surface area is 112 Å². The Bertz CT molecular complexity index is 609. The summed E-state index contributed by atoms with van der Waals surface area (Å²) in [4.78, 5) is 12.1. The number of ketones is 1. The lowest BCUT2D eigenvalue weighted by Gasteiger charge is -2.08. The van der Waals surface area contributed by atoms with Gasteiger partial charge in [0, 0.05) is 33.8 Å². The number of nitrogens with two attached hydrogens (primary N) is 1. The molecule has 2 aromatic rings. The largest absolute Gasteiger partial charge is 0.755 e. The van der Waals surface area contributed by atoms with Crippen LogP contribution in [0.15, 0.2) is 48.5 Å². The van der Waals surface area contributed by atoms with E-state index in [2.05, 4.69) is 4.72 Å². The van der Waals surface area contributed by atoms with Crippen LogP contribution in [-0.2, 0) is 11.3 Å². The van der Waals surface area contributed by atoms with Crippen molar-refractivity contribution in [1.29, 1.82) is 0 Å². The lowest BCUT2D eigenvalue weighted by atomic mass is 10.0. The van der Waals surface area contributed by atoms with E-state index >= 15 is 0 Å². The summed E-state index contributed by atoms with van der Waals surface area (Å²) in [6, 6.07) is 12.8. The number of rotatable bonds is 4. The molecule has 0 aliphatic rings. The summed E-state index contributed by atoms with van der Waals surface area (Å²) in [5.74, 6) is -0.144. The van der Waals surface area contributed by atoms with E-state index in [9.17, 15) is 13.6 Å². The first-order valence-corrected chi connectivity index (χ1v) is 6.50. The molecule has 0 aliphatic heterocycles. The minimum Gasteiger partial charge on any atom is -0.755 e. The predicted octanol–water partition coefficient (Wildman–Crippen LogP) is 1.71. The number of carbonyl (C=O) groups is 1. The molecule has 0 saturated heterocycles. The molecule has 2 rings (SSSR count). The highest BCUT2D eigenvalue weighted by molar-refractivity contribution is 7.80. The summed E-state index contributed by atoms with van der Waals surface area (Å²) >= 11 is -2.37. The van der Waals surface area contributed by atoms with Crippen LogP contribution in [0.3, 0.4) is 0 Å². The Morgan fingerprint density at radius 3 is 1.95 bits per heavy atom. The third-order valence-electron chi connectivity index (χ3n) is 2.52. The van der Waals surface area contributed by atoms with Crippen molar-refractivity contribution in [2.24, 2.45) is 0 Å². The first-order chi connectivity index (χ1) is 9.06. The minimum absolute atomic E-state index is 0.144. The maximum Gasteiger partial charge on any atom is 0.193 e. The molecule has 3 N–H and O–H groups in total. The van der Waals surface area contributed by atoms with Crippen LogP contribution in [0.2, 0.25) is 0 Å². The van der Waals surface area contributed by atoms with Crippen molar-refractivity contribution in [3.8, 4) is 0 Å². The van der Waals surface area contributed by atoms with Gasteiger partial charge in [-0.15, -0.1) is 0 Å². The van der Waals surface area contributed by atoms with Crippen LogP contribution in [0.4, 0.5) is 11.4 Å². The van der Waals surface area contributed by atoms with Gasteiger partial charge in [0.1, 0.15) is 0 Å². The van der Waals surface area contributed by atoms with Crippen LogP contribution in [-0.4, -0.2) is 14.5 Å². The summed E-state index contributed by atoms with van der Waals surface area (Å²) in [5, 5.41) is 0. The number of anilines is 2. The highest BCUT2D eigenvalue weighted by Crippen LogP contribution is 2.15. The lowest BCUT2D eigenvalue weighted by Crippen LogP contribution is -2.04. The van der Waals surface area contributed by atoms with Gasteiger partial charge < -0.3 is 15.0 Å². The fourth-order valence-electron chi connectivity index (χ4n) is 1.59. The number of benzene rings is 2. The standard InChI is InChI=1S/C13H12N2O3S/c14-11-5-1-9(2-6-11)13(16)10-3-7-12(8-4-10)15-19(17)18/h1-8,15H,14H2,(H,17,18)/p-1. The van der Waals surface area contributed by atoms with E-state index in [1.54, 1.807) is 36.4 Å². The van der Waals surface area contributed by atoms with Gasteiger partial charge in [0.15, 0.2) is 5.78 Å². The molecule has 2 aromatic carbocycles. The number of hydrogen-bond donors (Lipinski definition) is 2. The zero-order valence-corrected chi connectivity index (χ0v) is 10.6. The van der Waals surface area contributed by atoms with E-state index in [4.69, 9.17) is 5.73 Å². The van der Waals surface area contributed by atoms with Gasteiger partial charge in [-0.25, -0.2) is 0 Å². The fraction of sp³-hybridized carbons (Fsp3) is 0. The molecule has 6 heteroatoms. The number of carbonyl (C=O) groups excluding carboxylic acids is 1. The number of nitrogens with one attached hydrogen (secondary N) is 1. The summed E-state index contributed by atoms with van der Waals surface area (Å²) in [6.45, 7) is 0. The highest BCUT2D eigenvalue weighted by Gasteiger charge is 2.08. The van der Waals surface area contributed by atoms with Crippen molar-refractivity contribution in [1.82, 2.24) is 0 Å². The van der Waals surface area contributed by atoms with E-state index in [0.29, 0.717) is 22.5 Å². The van der Waals surface area contributed by atoms with Crippen molar-refractivity contribution in [2.45, 2.75) is 0 Å². The van der Waals surface area contributed by atoms with Crippen molar-refractivity contribution < 1.29 is 13.6 Å². The lowest BCUT2D eigenvalue weighted by molar-refractivity contribution is 0.103. The average Bonchev–Trinajstić information content (AvgIpc) is 2.39. The maximum atomic E-state index is 12.1. The molecule has 0 heterocycles. The summed E-state index contributed by atoms with van der Waals surface area (Å²) < 4.78 is 23.1. The van der Waals surface area contributed by atoms with Crippen molar-refractivity contribution >= 4 is 28.4 Å². The monoisotopic (exact) mass is 275 g/mol. The van der Waals surface area contributed by atoms with Crippen LogP contribution < -0.4 is 10.5 Å². The van der Waals surface area contributed by atoms with E-state index < -0.39 is 11.3 Å². The zero-order chi connectivity index (χ0) is 13.8. The Morgan fingerprint density at radius 1 is 1.00 bits per heavy atom. The molecular weight excluding hydrogens is 264 g/mol. The molecule has 0 saturated carbocycles. The molecule has 0 spiro atoms. The Morgan fingerprint density at radius 2 is 1.47 bits per heavy atom. The van der Waals surface area contributed by atoms with Gasteiger partial charge in [-0.05, 0) is 48.5 Å². The van der Waals surface area contributed by atoms with Gasteiger partial charge in [0.05, 0.1) is 0 Å². The van der Waals surface area contributed by atoms with E-state index in [1.165, 1.54) is 12.1 Å². The topological polar surface area (TPSA) is 95.2 Å². The van der Waals surface area contributed by atoms with E-state index in [1.807, 2.05) is 0 Å². The Kier molecular flexibility index (Phi) is 3.94. The molecule has 19 heavy (non-hydrogen) atoms. The second kappa shape index (κ2) is 5.64. The second-order valence-electron chi connectivity index (χ2n) is 3.87. The molecule has 5 nitrogen and oxygen atoms in total. The van der Waals surface area contributed by atoms with Gasteiger partial charge >= 0.3 is 0 Å². The first kappa shape index (κ1) is 13.3. The second-order valence-corrected chi connectivity index (χ2v) is 4.54. The first-order valence-electron chi connectivity index (χ1n) is 5.42. The van der Waals surface area contributed by atoms with E-state index in [-0.39, 0.29) is 5.78 Å². The van der Waals surface area contributed by atoms with Gasteiger partial charge in [-0.1, -0.05) is 0 Å². The molecule has 0 radical (unpaired) electrons.